The summed E-state index contributed by atoms with van der Waals surface area (Å²) in [4.78, 5) is 36.8. The summed E-state index contributed by atoms with van der Waals surface area (Å²) in [6.07, 6.45) is 4.06. The predicted molar refractivity (Wildman–Crippen MR) is 160 cm³/mol. The van der Waals surface area contributed by atoms with Crippen molar-refractivity contribution in [1.29, 1.82) is 0 Å². The van der Waals surface area contributed by atoms with Gasteiger partial charge in [-0.25, -0.2) is 0 Å². The molecule has 1 aliphatic carbocycles. The quantitative estimate of drug-likeness (QED) is 0.301. The normalized spacial score (nSPS) is 29.1. The number of ketones is 1. The molecule has 3 fully saturated rings. The lowest BCUT2D eigenvalue weighted by Crippen LogP contribution is -2.50. The van der Waals surface area contributed by atoms with Crippen LogP contribution in [0.15, 0.2) is 39.4 Å². The van der Waals surface area contributed by atoms with Gasteiger partial charge in [-0.3, -0.25) is 14.4 Å². The third-order valence-electron chi connectivity index (χ3n) is 8.12. The number of nitrogens with one attached hydrogen (secondary N) is 1. The molecular weight excluding hydrogens is 659 g/mol. The Hall–Kier alpha value is -1.62. The molecule has 41 heavy (non-hydrogen) atoms. The highest BCUT2D eigenvalue weighted by Gasteiger charge is 2.63. The molecule has 2 atom stereocenters. The number of nitrogens with zero attached hydrogens (tertiary/aromatic N) is 1. The minimum absolute atomic E-state index is 0.141. The first kappa shape index (κ1) is 32.3. The summed E-state index contributed by atoms with van der Waals surface area (Å²) < 4.78 is 17.3. The average Bonchev–Trinajstić information content (AvgIpc) is 3.58. The average molecular weight is 693 g/mol. The van der Waals surface area contributed by atoms with Crippen LogP contribution >= 0.6 is 50.7 Å². The van der Waals surface area contributed by atoms with Crippen LogP contribution in [0.5, 0.6) is 0 Å². The second kappa shape index (κ2) is 12.2. The lowest BCUT2D eigenvalue weighted by molar-refractivity contribution is -0.144. The fourth-order valence-electron chi connectivity index (χ4n) is 6.08. The number of benzene rings is 1. The van der Waals surface area contributed by atoms with Crippen LogP contribution in [0.25, 0.3) is 0 Å². The van der Waals surface area contributed by atoms with E-state index < -0.39 is 26.9 Å². The van der Waals surface area contributed by atoms with Crippen molar-refractivity contribution in [1.82, 2.24) is 10.2 Å². The van der Waals surface area contributed by atoms with Crippen molar-refractivity contribution in [3.63, 3.8) is 0 Å². The van der Waals surface area contributed by atoms with Gasteiger partial charge in [0.1, 0.15) is 23.1 Å². The van der Waals surface area contributed by atoms with Crippen molar-refractivity contribution in [3.05, 3.63) is 57.5 Å². The van der Waals surface area contributed by atoms with Gasteiger partial charge in [-0.2, -0.15) is 0 Å². The van der Waals surface area contributed by atoms with E-state index in [-0.39, 0.29) is 23.9 Å². The van der Waals surface area contributed by atoms with Crippen molar-refractivity contribution in [2.45, 2.75) is 86.6 Å². The molecule has 0 bridgehead atoms. The van der Waals surface area contributed by atoms with E-state index in [1.807, 2.05) is 32.0 Å². The minimum atomic E-state index is -1.64. The van der Waals surface area contributed by atoms with Gasteiger partial charge in [-0.1, -0.05) is 50.7 Å². The maximum Gasteiger partial charge on any atom is 0.258 e. The summed E-state index contributed by atoms with van der Waals surface area (Å²) in [5.41, 5.74) is 0.683. The number of hydrogen-bond donors (Lipinski definition) is 1. The van der Waals surface area contributed by atoms with Gasteiger partial charge in [0.05, 0.1) is 18.9 Å². The van der Waals surface area contributed by atoms with Gasteiger partial charge in [0.15, 0.2) is 10.6 Å². The third-order valence-corrected chi connectivity index (χ3v) is 9.48. The number of carbonyl (C=O) groups is 3. The fourth-order valence-corrected chi connectivity index (χ4v) is 7.52. The topological polar surface area (TPSA) is 98.1 Å². The zero-order valence-electron chi connectivity index (χ0n) is 23.6. The van der Waals surface area contributed by atoms with Crippen LogP contribution < -0.4 is 5.32 Å². The first-order chi connectivity index (χ1) is 19.2. The van der Waals surface area contributed by atoms with Crippen molar-refractivity contribution < 1.29 is 28.3 Å². The smallest absolute Gasteiger partial charge is 0.258 e. The standard InChI is InChI=1S/C18H21BrClNO3.C11H13Cl2NO3/c1-10-8-12(19)9-11(2)14(10)18(20)15(22)17(21-16(18)23)6-4-13(24-3)5-7-17;1-11(2)14(10(15)9(12)13)6-8(17-11)7-4-3-5-16-7/h8-9,13H,4-7H2,1-3H3,(H,21,23);3-5,8-9H,6H2,1-2H3. The Morgan fingerprint density at radius 3 is 2.29 bits per heavy atom. The Bertz CT molecular complexity index is 1290. The fraction of sp³-hybridized carbons (Fsp3) is 0.552. The molecule has 3 aliphatic rings. The number of alkyl halides is 3. The predicted octanol–water partition coefficient (Wildman–Crippen LogP) is 6.25. The first-order valence-electron chi connectivity index (χ1n) is 13.3. The summed E-state index contributed by atoms with van der Waals surface area (Å²) in [6, 6.07) is 7.37. The molecule has 1 aromatic heterocycles. The van der Waals surface area contributed by atoms with Crippen LogP contribution in [-0.4, -0.2) is 58.4 Å². The van der Waals surface area contributed by atoms with Crippen molar-refractivity contribution in [3.8, 4) is 0 Å². The molecule has 5 rings (SSSR count). The van der Waals surface area contributed by atoms with Gasteiger partial charge >= 0.3 is 0 Å². The number of methoxy groups -OCH3 is 1. The van der Waals surface area contributed by atoms with E-state index in [0.717, 1.165) is 28.4 Å². The van der Waals surface area contributed by atoms with Crippen LogP contribution in [-0.2, 0) is 28.7 Å². The molecule has 0 radical (unpaired) electrons. The number of Topliss-reactive ketones (excluding diaryl/α,β-unsaturated/α-hetero) is 1. The molecular formula is C29H34BrCl3N2O6. The molecule has 2 unspecified atom stereocenters. The highest BCUT2D eigenvalue weighted by molar-refractivity contribution is 9.10. The number of aryl methyl sites for hydroxylation is 2. The number of rotatable bonds is 4. The van der Waals surface area contributed by atoms with E-state index in [4.69, 9.17) is 48.7 Å². The number of ether oxygens (including phenoxy) is 2. The van der Waals surface area contributed by atoms with E-state index in [1.165, 1.54) is 4.90 Å². The number of hydrogen-bond acceptors (Lipinski definition) is 6. The lowest BCUT2D eigenvalue weighted by atomic mass is 9.74. The zero-order chi connectivity index (χ0) is 30.3. The van der Waals surface area contributed by atoms with E-state index in [0.29, 0.717) is 30.7 Å². The summed E-state index contributed by atoms with van der Waals surface area (Å²) in [7, 11) is 1.68. The maximum atomic E-state index is 13.3. The molecule has 12 heteroatoms. The molecule has 1 saturated carbocycles. The lowest BCUT2D eigenvalue weighted by Gasteiger charge is -2.35. The zero-order valence-corrected chi connectivity index (χ0v) is 27.4. The van der Waals surface area contributed by atoms with Crippen LogP contribution in [0.2, 0.25) is 0 Å². The van der Waals surface area contributed by atoms with Gasteiger partial charge in [0.2, 0.25) is 4.87 Å². The highest BCUT2D eigenvalue weighted by atomic mass is 79.9. The second-order valence-corrected chi connectivity index (χ2v) is 13.8. The molecule has 3 heterocycles. The van der Waals surface area contributed by atoms with E-state index in [9.17, 15) is 14.4 Å². The summed E-state index contributed by atoms with van der Waals surface area (Å²) in [6.45, 7) is 7.73. The van der Waals surface area contributed by atoms with Gasteiger partial charge < -0.3 is 24.1 Å². The number of carbonyl (C=O) groups excluding carboxylic acids is 3. The molecule has 1 spiro atoms. The Labute approximate surface area is 263 Å². The van der Waals surface area contributed by atoms with E-state index >= 15 is 0 Å². The molecule has 1 aromatic carbocycles. The van der Waals surface area contributed by atoms with E-state index in [1.54, 1.807) is 33.3 Å². The van der Waals surface area contributed by atoms with Crippen LogP contribution in [0.3, 0.4) is 0 Å². The molecule has 2 aliphatic heterocycles. The number of amides is 2. The van der Waals surface area contributed by atoms with Crippen molar-refractivity contribution in [2.75, 3.05) is 13.7 Å². The van der Waals surface area contributed by atoms with Crippen molar-refractivity contribution in [2.24, 2.45) is 0 Å². The first-order valence-corrected chi connectivity index (χ1v) is 15.4. The molecule has 1 N–H and O–H groups in total. The monoisotopic (exact) mass is 690 g/mol. The largest absolute Gasteiger partial charge is 0.467 e. The number of halogens is 4. The van der Waals surface area contributed by atoms with Gasteiger partial charge in [-0.05, 0) is 94.3 Å². The van der Waals surface area contributed by atoms with Crippen LogP contribution in [0.4, 0.5) is 0 Å². The van der Waals surface area contributed by atoms with Crippen LogP contribution in [0, 0.1) is 13.8 Å². The molecule has 2 amide bonds. The summed E-state index contributed by atoms with van der Waals surface area (Å²) in [5, 5.41) is 2.93. The van der Waals surface area contributed by atoms with Gasteiger partial charge in [-0.15, -0.1) is 0 Å². The highest BCUT2D eigenvalue weighted by Crippen LogP contribution is 2.47. The van der Waals surface area contributed by atoms with Gasteiger partial charge in [0, 0.05) is 11.6 Å². The third kappa shape index (κ3) is 6.08. The molecule has 8 nitrogen and oxygen atoms in total. The Morgan fingerprint density at radius 2 is 1.78 bits per heavy atom. The Kier molecular flexibility index (Phi) is 9.59. The van der Waals surface area contributed by atoms with Crippen LogP contribution in [0.1, 0.15) is 68.1 Å². The van der Waals surface area contributed by atoms with Gasteiger partial charge in [0.25, 0.3) is 11.8 Å². The Balaban J connectivity index is 0.000000201. The second-order valence-electron chi connectivity index (χ2n) is 11.2. The molecule has 224 valence electrons. The minimum Gasteiger partial charge on any atom is -0.467 e. The summed E-state index contributed by atoms with van der Waals surface area (Å²) in [5.74, 6) is -0.287. The van der Waals surface area contributed by atoms with Crippen molar-refractivity contribution >= 4 is 68.3 Å². The van der Waals surface area contributed by atoms with E-state index in [2.05, 4.69) is 21.2 Å². The number of furan rings is 1. The Morgan fingerprint density at radius 1 is 1.17 bits per heavy atom. The molecule has 2 saturated heterocycles. The molecule has 2 aromatic rings. The summed E-state index contributed by atoms with van der Waals surface area (Å²) >= 11 is 21.4. The SMILES string of the molecule is CC1(C)OC(c2ccco2)CN1C(=O)C(Cl)Cl.COC1CCC2(CC1)NC(=O)C(Cl)(c1c(C)cc(Br)cc1C)C2=O. The maximum absolute atomic E-state index is 13.3.